The van der Waals surface area contributed by atoms with E-state index < -0.39 is 5.54 Å². The molecule has 7 heteroatoms. The van der Waals surface area contributed by atoms with Gasteiger partial charge in [-0.05, 0) is 61.1 Å². The SMILES string of the molecule is COc1ccc(F)cc1CC1(NC(=O)c2cc3c(ccn3C[C@H](C)CO)cn2)CC1. The van der Waals surface area contributed by atoms with Gasteiger partial charge in [-0.3, -0.25) is 9.78 Å². The molecule has 158 valence electrons. The number of aromatic nitrogens is 2. The third-order valence-corrected chi connectivity index (χ3v) is 5.71. The summed E-state index contributed by atoms with van der Waals surface area (Å²) in [6.07, 6.45) is 5.79. The second-order valence-corrected chi connectivity index (χ2v) is 8.25. The maximum Gasteiger partial charge on any atom is 0.270 e. The third kappa shape index (κ3) is 4.16. The molecule has 1 amide bonds. The van der Waals surface area contributed by atoms with E-state index in [1.54, 1.807) is 25.4 Å². The molecule has 30 heavy (non-hydrogen) atoms. The van der Waals surface area contributed by atoms with Crippen LogP contribution in [0.3, 0.4) is 0 Å². The summed E-state index contributed by atoms with van der Waals surface area (Å²) in [6.45, 7) is 2.73. The van der Waals surface area contributed by atoms with Crippen LogP contribution in [0.15, 0.2) is 42.7 Å². The Hall–Kier alpha value is -2.93. The molecule has 0 saturated heterocycles. The molecule has 2 aromatic heterocycles. The van der Waals surface area contributed by atoms with Gasteiger partial charge >= 0.3 is 0 Å². The van der Waals surface area contributed by atoms with Crippen LogP contribution in [0.4, 0.5) is 4.39 Å². The number of fused-ring (bicyclic) bond motifs is 1. The first kappa shape index (κ1) is 20.3. The number of benzene rings is 1. The van der Waals surface area contributed by atoms with E-state index in [9.17, 15) is 14.3 Å². The summed E-state index contributed by atoms with van der Waals surface area (Å²) in [6, 6.07) is 8.18. The van der Waals surface area contributed by atoms with Crippen molar-refractivity contribution in [3.63, 3.8) is 0 Å². The zero-order valence-corrected chi connectivity index (χ0v) is 17.2. The monoisotopic (exact) mass is 411 g/mol. The fourth-order valence-corrected chi connectivity index (χ4v) is 3.81. The molecule has 1 aliphatic rings. The largest absolute Gasteiger partial charge is 0.496 e. The smallest absolute Gasteiger partial charge is 0.270 e. The number of carbonyl (C=O) groups is 1. The van der Waals surface area contributed by atoms with Gasteiger partial charge in [0.25, 0.3) is 5.91 Å². The predicted molar refractivity (Wildman–Crippen MR) is 112 cm³/mol. The Morgan fingerprint density at radius 3 is 2.87 bits per heavy atom. The molecule has 0 radical (unpaired) electrons. The summed E-state index contributed by atoms with van der Waals surface area (Å²) < 4.78 is 21.1. The first-order valence-electron chi connectivity index (χ1n) is 10.1. The van der Waals surface area contributed by atoms with Crippen molar-refractivity contribution in [3.8, 4) is 5.75 Å². The summed E-state index contributed by atoms with van der Waals surface area (Å²) in [4.78, 5) is 17.3. The summed E-state index contributed by atoms with van der Waals surface area (Å²) >= 11 is 0. The Labute approximate surface area is 174 Å². The van der Waals surface area contributed by atoms with Crippen molar-refractivity contribution in [3.05, 3.63) is 59.8 Å². The quantitative estimate of drug-likeness (QED) is 0.596. The lowest BCUT2D eigenvalue weighted by Gasteiger charge is -2.19. The molecule has 1 aliphatic carbocycles. The highest BCUT2D eigenvalue weighted by Crippen LogP contribution is 2.40. The van der Waals surface area contributed by atoms with Crippen LogP contribution in [0, 0.1) is 11.7 Å². The molecular formula is C23H26FN3O3. The summed E-state index contributed by atoms with van der Waals surface area (Å²) in [5, 5.41) is 13.4. The van der Waals surface area contributed by atoms with Gasteiger partial charge in [0.05, 0.1) is 12.6 Å². The Balaban J connectivity index is 1.53. The van der Waals surface area contributed by atoms with E-state index in [-0.39, 0.29) is 24.2 Å². The van der Waals surface area contributed by atoms with Crippen LogP contribution in [0.25, 0.3) is 10.9 Å². The minimum Gasteiger partial charge on any atom is -0.496 e. The molecule has 1 saturated carbocycles. The minimum absolute atomic E-state index is 0.101. The molecule has 2 N–H and O–H groups in total. The van der Waals surface area contributed by atoms with Crippen molar-refractivity contribution in [2.24, 2.45) is 5.92 Å². The van der Waals surface area contributed by atoms with Gasteiger partial charge in [-0.1, -0.05) is 6.92 Å². The molecule has 0 aliphatic heterocycles. The van der Waals surface area contributed by atoms with Crippen molar-refractivity contribution < 1.29 is 19.0 Å². The summed E-state index contributed by atoms with van der Waals surface area (Å²) in [5.74, 6) is 0.167. The molecule has 1 atom stereocenters. The molecule has 0 bridgehead atoms. The topological polar surface area (TPSA) is 76.4 Å². The third-order valence-electron chi connectivity index (χ3n) is 5.71. The summed E-state index contributed by atoms with van der Waals surface area (Å²) in [7, 11) is 1.56. The van der Waals surface area contributed by atoms with Gasteiger partial charge in [0, 0.05) is 36.5 Å². The molecule has 0 unspecified atom stereocenters. The van der Waals surface area contributed by atoms with Crippen LogP contribution in [0.2, 0.25) is 0 Å². The Bertz CT molecular complexity index is 1070. The number of hydrogen-bond donors (Lipinski definition) is 2. The number of amides is 1. The molecule has 1 fully saturated rings. The van der Waals surface area contributed by atoms with E-state index in [4.69, 9.17) is 4.74 Å². The van der Waals surface area contributed by atoms with Gasteiger partial charge in [-0.15, -0.1) is 0 Å². The van der Waals surface area contributed by atoms with Gasteiger partial charge in [-0.25, -0.2) is 4.39 Å². The van der Waals surface area contributed by atoms with Crippen LogP contribution >= 0.6 is 0 Å². The van der Waals surface area contributed by atoms with Crippen molar-refractivity contribution in [1.29, 1.82) is 0 Å². The zero-order valence-electron chi connectivity index (χ0n) is 17.2. The van der Waals surface area contributed by atoms with Gasteiger partial charge in [0.15, 0.2) is 0 Å². The van der Waals surface area contributed by atoms with E-state index in [2.05, 4.69) is 10.3 Å². The van der Waals surface area contributed by atoms with Crippen LogP contribution in [0.5, 0.6) is 5.75 Å². The molecule has 3 aromatic rings. The fraction of sp³-hybridized carbons (Fsp3) is 0.391. The van der Waals surface area contributed by atoms with Gasteiger partial charge in [0.2, 0.25) is 0 Å². The van der Waals surface area contributed by atoms with E-state index in [0.29, 0.717) is 24.4 Å². The lowest BCUT2D eigenvalue weighted by molar-refractivity contribution is 0.0926. The lowest BCUT2D eigenvalue weighted by atomic mass is 10.0. The predicted octanol–water partition coefficient (Wildman–Crippen LogP) is 3.32. The number of nitrogens with zero attached hydrogens (tertiary/aromatic N) is 2. The van der Waals surface area contributed by atoms with Crippen molar-refractivity contribution in [1.82, 2.24) is 14.9 Å². The molecule has 6 nitrogen and oxygen atoms in total. The second kappa shape index (κ2) is 8.07. The first-order valence-corrected chi connectivity index (χ1v) is 10.1. The average Bonchev–Trinajstić information content (AvgIpc) is 3.37. The second-order valence-electron chi connectivity index (χ2n) is 8.25. The lowest BCUT2D eigenvalue weighted by Crippen LogP contribution is -2.39. The number of ether oxygens (including phenoxy) is 1. The number of rotatable bonds is 8. The van der Waals surface area contributed by atoms with E-state index in [1.165, 1.54) is 12.1 Å². The maximum absolute atomic E-state index is 13.7. The fourth-order valence-electron chi connectivity index (χ4n) is 3.81. The normalized spacial score (nSPS) is 15.7. The number of halogens is 1. The molecule has 0 spiro atoms. The summed E-state index contributed by atoms with van der Waals surface area (Å²) in [5.41, 5.74) is 1.59. The number of carbonyl (C=O) groups excluding carboxylic acids is 1. The minimum atomic E-state index is -0.401. The molecule has 1 aromatic carbocycles. The van der Waals surface area contributed by atoms with E-state index >= 15 is 0 Å². The average molecular weight is 411 g/mol. The molecule has 4 rings (SSSR count). The molecular weight excluding hydrogens is 385 g/mol. The zero-order chi connectivity index (χ0) is 21.3. The highest BCUT2D eigenvalue weighted by molar-refractivity contribution is 5.96. The van der Waals surface area contributed by atoms with Crippen LogP contribution < -0.4 is 10.1 Å². The van der Waals surface area contributed by atoms with Crippen molar-refractivity contribution in [2.75, 3.05) is 13.7 Å². The van der Waals surface area contributed by atoms with Crippen LogP contribution in [-0.2, 0) is 13.0 Å². The van der Waals surface area contributed by atoms with E-state index in [0.717, 1.165) is 29.3 Å². The van der Waals surface area contributed by atoms with Gasteiger partial charge in [-0.2, -0.15) is 0 Å². The number of hydrogen-bond acceptors (Lipinski definition) is 4. The highest BCUT2D eigenvalue weighted by atomic mass is 19.1. The number of aliphatic hydroxyl groups is 1. The standard InChI is InChI=1S/C23H26FN3O3/c1-15(14-28)13-27-8-5-16-12-25-19(10-20(16)27)22(29)26-23(6-7-23)11-17-9-18(24)3-4-21(17)30-2/h3-5,8-10,12,15,28H,6-7,11,13-14H2,1-2H3,(H,26,29)/t15-/m0/s1. The van der Waals surface area contributed by atoms with Crippen molar-refractivity contribution >= 4 is 16.8 Å². The van der Waals surface area contributed by atoms with Crippen molar-refractivity contribution in [2.45, 2.75) is 38.3 Å². The Morgan fingerprint density at radius 2 is 2.17 bits per heavy atom. The van der Waals surface area contributed by atoms with Crippen LogP contribution in [-0.4, -0.2) is 39.8 Å². The maximum atomic E-state index is 13.7. The van der Waals surface area contributed by atoms with E-state index in [1.807, 2.05) is 23.8 Å². The number of methoxy groups -OCH3 is 1. The number of nitrogens with one attached hydrogen (secondary N) is 1. The highest BCUT2D eigenvalue weighted by Gasteiger charge is 2.44. The van der Waals surface area contributed by atoms with Gasteiger partial charge in [0.1, 0.15) is 17.3 Å². The number of pyridine rings is 1. The van der Waals surface area contributed by atoms with Crippen LogP contribution in [0.1, 0.15) is 35.8 Å². The van der Waals surface area contributed by atoms with Gasteiger partial charge < -0.3 is 19.7 Å². The Kier molecular flexibility index (Phi) is 5.47. The number of aliphatic hydroxyl groups excluding tert-OH is 1. The molecule has 2 heterocycles. The Morgan fingerprint density at radius 1 is 1.37 bits per heavy atom. The first-order chi connectivity index (χ1) is 14.4.